The number of carbonyl (C=O) groups is 1. The molecule has 7 rings (SSSR count). The number of rotatable bonds is 5. The van der Waals surface area contributed by atoms with E-state index in [1.165, 1.54) is 32.1 Å². The van der Waals surface area contributed by atoms with Crippen molar-refractivity contribution in [3.63, 3.8) is 0 Å². The molecule has 2 bridgehead atoms. The molecule has 0 saturated heterocycles. The van der Waals surface area contributed by atoms with Gasteiger partial charge in [0.1, 0.15) is 17.7 Å². The first-order chi connectivity index (χ1) is 14.2. The number of aromatic nitrogens is 6. The second-order valence-electron chi connectivity index (χ2n) is 9.73. The number of hydrogen-bond donors (Lipinski definition) is 1. The van der Waals surface area contributed by atoms with Crippen molar-refractivity contribution in [2.75, 3.05) is 6.54 Å². The molecule has 5 atom stereocenters. The van der Waals surface area contributed by atoms with Crippen LogP contribution in [0.4, 0.5) is 0 Å². The molecular formula is C21H23N7O. The smallest absolute Gasteiger partial charge is 0.268 e. The fourth-order valence-corrected chi connectivity index (χ4v) is 7.79. The Hall–Kier alpha value is -2.77. The van der Waals surface area contributed by atoms with E-state index in [-0.39, 0.29) is 5.91 Å². The topological polar surface area (TPSA) is 90.0 Å². The lowest BCUT2D eigenvalue weighted by molar-refractivity contribution is -0.240. The van der Waals surface area contributed by atoms with Gasteiger partial charge in [0.05, 0.1) is 12.2 Å². The third kappa shape index (κ3) is 1.92. The van der Waals surface area contributed by atoms with Gasteiger partial charge < -0.3 is 5.32 Å². The van der Waals surface area contributed by atoms with Crippen molar-refractivity contribution in [3.8, 4) is 0 Å². The van der Waals surface area contributed by atoms with E-state index in [4.69, 9.17) is 0 Å². The van der Waals surface area contributed by atoms with Gasteiger partial charge in [-0.15, -0.1) is 5.10 Å². The van der Waals surface area contributed by atoms with E-state index in [9.17, 15) is 4.79 Å². The molecular weight excluding hydrogens is 366 g/mol. The Labute approximate surface area is 167 Å². The van der Waals surface area contributed by atoms with Crippen molar-refractivity contribution < 1.29 is 4.79 Å². The predicted molar refractivity (Wildman–Crippen MR) is 103 cm³/mol. The van der Waals surface area contributed by atoms with E-state index in [0.717, 1.165) is 35.6 Å². The molecule has 3 aromatic heterocycles. The number of hydrogen-bond acceptors (Lipinski definition) is 5. The maximum atomic E-state index is 13.1. The normalized spacial score (nSPS) is 35.9. The standard InChI is InChI=1S/C21H23N7O/c29-19(22-11-20-6-13-4-14-5-15(8-20)21(14,20)7-13)17-2-1-3-18-24-16(10-28(17)18)9-27-12-23-25-26-27/h1-3,10,12-15H,4-9,11H2,(H,22,29). The Balaban J connectivity index is 1.13. The van der Waals surface area contributed by atoms with Crippen molar-refractivity contribution in [1.82, 2.24) is 34.9 Å². The molecule has 5 unspecified atom stereocenters. The van der Waals surface area contributed by atoms with Crippen LogP contribution in [0.5, 0.6) is 0 Å². The first-order valence-corrected chi connectivity index (χ1v) is 10.6. The zero-order chi connectivity index (χ0) is 19.2. The van der Waals surface area contributed by atoms with Crippen LogP contribution in [-0.4, -0.2) is 42.0 Å². The summed E-state index contributed by atoms with van der Waals surface area (Å²) in [6, 6.07) is 5.69. The van der Waals surface area contributed by atoms with Crippen LogP contribution in [0.2, 0.25) is 0 Å². The molecule has 3 heterocycles. The van der Waals surface area contributed by atoms with E-state index < -0.39 is 0 Å². The van der Waals surface area contributed by atoms with Gasteiger partial charge in [0.15, 0.2) is 0 Å². The van der Waals surface area contributed by atoms with Crippen LogP contribution in [0, 0.1) is 28.6 Å². The molecule has 4 aliphatic carbocycles. The summed E-state index contributed by atoms with van der Waals surface area (Å²) in [5.41, 5.74) is 3.19. The highest BCUT2D eigenvalue weighted by molar-refractivity contribution is 5.93. The highest BCUT2D eigenvalue weighted by Gasteiger charge is 2.79. The van der Waals surface area contributed by atoms with E-state index in [2.05, 4.69) is 25.8 Å². The second kappa shape index (κ2) is 5.23. The fourth-order valence-electron chi connectivity index (χ4n) is 7.79. The average molecular weight is 389 g/mol. The Morgan fingerprint density at radius 2 is 2.17 bits per heavy atom. The summed E-state index contributed by atoms with van der Waals surface area (Å²) in [5, 5.41) is 14.5. The Bertz CT molecular complexity index is 1140. The van der Waals surface area contributed by atoms with Gasteiger partial charge in [0, 0.05) is 12.7 Å². The van der Waals surface area contributed by atoms with E-state index in [1.807, 2.05) is 28.8 Å². The molecule has 4 fully saturated rings. The van der Waals surface area contributed by atoms with Gasteiger partial charge in [0.25, 0.3) is 5.91 Å². The third-order valence-electron chi connectivity index (χ3n) is 8.65. The van der Waals surface area contributed by atoms with Crippen molar-refractivity contribution in [1.29, 1.82) is 0 Å². The highest BCUT2D eigenvalue weighted by atomic mass is 16.1. The largest absolute Gasteiger partial charge is 0.350 e. The lowest BCUT2D eigenvalue weighted by Gasteiger charge is -2.73. The van der Waals surface area contributed by atoms with E-state index in [0.29, 0.717) is 23.1 Å². The molecule has 0 aromatic carbocycles. The molecule has 1 spiro atoms. The van der Waals surface area contributed by atoms with Crippen LogP contribution < -0.4 is 5.32 Å². The number of imidazole rings is 1. The van der Waals surface area contributed by atoms with Gasteiger partial charge in [-0.3, -0.25) is 9.20 Å². The number of pyridine rings is 1. The number of carbonyl (C=O) groups excluding carboxylic acids is 1. The highest BCUT2D eigenvalue weighted by Crippen LogP contribution is 2.86. The number of amides is 1. The SMILES string of the molecule is O=C(NCC12CC3CC4CC(C1)C42C3)c1cccc2nc(Cn3cnnn3)cn12. The minimum atomic E-state index is -0.00477. The minimum Gasteiger partial charge on any atom is -0.350 e. The molecule has 29 heavy (non-hydrogen) atoms. The maximum Gasteiger partial charge on any atom is 0.268 e. The summed E-state index contributed by atoms with van der Waals surface area (Å²) in [4.78, 5) is 17.7. The van der Waals surface area contributed by atoms with Gasteiger partial charge in [-0.05, 0) is 83.2 Å². The van der Waals surface area contributed by atoms with Gasteiger partial charge >= 0.3 is 0 Å². The van der Waals surface area contributed by atoms with Crippen molar-refractivity contribution in [3.05, 3.63) is 42.1 Å². The van der Waals surface area contributed by atoms with Gasteiger partial charge in [-0.25, -0.2) is 9.67 Å². The maximum absolute atomic E-state index is 13.1. The lowest BCUT2D eigenvalue weighted by Crippen LogP contribution is -2.69. The first kappa shape index (κ1) is 16.1. The molecule has 0 radical (unpaired) electrons. The quantitative estimate of drug-likeness (QED) is 0.720. The van der Waals surface area contributed by atoms with Crippen molar-refractivity contribution in [2.45, 2.75) is 38.6 Å². The summed E-state index contributed by atoms with van der Waals surface area (Å²) in [5.74, 6) is 2.80. The predicted octanol–water partition coefficient (Wildman–Crippen LogP) is 1.93. The summed E-state index contributed by atoms with van der Waals surface area (Å²) >= 11 is 0. The van der Waals surface area contributed by atoms with Crippen LogP contribution in [0.25, 0.3) is 5.65 Å². The Morgan fingerprint density at radius 3 is 3.00 bits per heavy atom. The lowest BCUT2D eigenvalue weighted by atomic mass is 9.32. The number of fused-ring (bicyclic) bond motifs is 2. The average Bonchev–Trinajstić information content (AvgIpc) is 3.45. The summed E-state index contributed by atoms with van der Waals surface area (Å²) in [7, 11) is 0. The van der Waals surface area contributed by atoms with Gasteiger partial charge in [-0.1, -0.05) is 6.07 Å². The fraction of sp³-hybridized carbons (Fsp3) is 0.571. The molecule has 1 amide bonds. The van der Waals surface area contributed by atoms with E-state index >= 15 is 0 Å². The zero-order valence-electron chi connectivity index (χ0n) is 16.2. The van der Waals surface area contributed by atoms with Crippen LogP contribution in [0.1, 0.15) is 48.3 Å². The molecule has 1 N–H and O–H groups in total. The molecule has 8 heteroatoms. The monoisotopic (exact) mass is 389 g/mol. The third-order valence-corrected chi connectivity index (χ3v) is 8.65. The van der Waals surface area contributed by atoms with Crippen molar-refractivity contribution >= 4 is 11.6 Å². The zero-order valence-corrected chi connectivity index (χ0v) is 16.2. The first-order valence-electron chi connectivity index (χ1n) is 10.6. The Morgan fingerprint density at radius 1 is 1.21 bits per heavy atom. The molecule has 8 nitrogen and oxygen atoms in total. The second-order valence-corrected chi connectivity index (χ2v) is 9.73. The van der Waals surface area contributed by atoms with Crippen LogP contribution in [0.15, 0.2) is 30.7 Å². The van der Waals surface area contributed by atoms with Gasteiger partial charge in [0.2, 0.25) is 0 Å². The van der Waals surface area contributed by atoms with E-state index in [1.54, 1.807) is 11.0 Å². The van der Waals surface area contributed by atoms with Gasteiger partial charge in [-0.2, -0.15) is 0 Å². The Kier molecular flexibility index (Phi) is 2.90. The summed E-state index contributed by atoms with van der Waals surface area (Å²) < 4.78 is 3.50. The molecule has 4 saturated carbocycles. The summed E-state index contributed by atoms with van der Waals surface area (Å²) in [6.45, 7) is 1.31. The number of nitrogens with zero attached hydrogens (tertiary/aromatic N) is 6. The van der Waals surface area contributed by atoms with Crippen LogP contribution in [-0.2, 0) is 6.54 Å². The number of nitrogens with one attached hydrogen (secondary N) is 1. The number of tetrazole rings is 1. The summed E-state index contributed by atoms with van der Waals surface area (Å²) in [6.07, 6.45) is 10.4. The molecule has 4 aliphatic rings. The minimum absolute atomic E-state index is 0.00477. The molecule has 0 aliphatic heterocycles. The van der Waals surface area contributed by atoms with Crippen LogP contribution in [0.3, 0.4) is 0 Å². The van der Waals surface area contributed by atoms with Crippen LogP contribution >= 0.6 is 0 Å². The van der Waals surface area contributed by atoms with Crippen molar-refractivity contribution in [2.24, 2.45) is 28.6 Å². The molecule has 148 valence electrons. The molecule has 3 aromatic rings.